The van der Waals surface area contributed by atoms with Gasteiger partial charge in [0.1, 0.15) is 5.69 Å². The van der Waals surface area contributed by atoms with E-state index in [0.29, 0.717) is 24.5 Å². The molecular weight excluding hydrogens is 403 g/mol. The van der Waals surface area contributed by atoms with Crippen molar-refractivity contribution in [3.8, 4) is 0 Å². The van der Waals surface area contributed by atoms with E-state index >= 15 is 0 Å². The molecule has 0 bridgehead atoms. The van der Waals surface area contributed by atoms with Crippen LogP contribution in [-0.4, -0.2) is 32.7 Å². The monoisotopic (exact) mass is 422 g/mol. The molecular formula is C14H19IN2O3S. The van der Waals surface area contributed by atoms with Gasteiger partial charge in [-0.25, -0.2) is 0 Å². The number of hydrogen-bond acceptors (Lipinski definition) is 4. The Bertz CT molecular complexity index is 575. The first kappa shape index (κ1) is 16.7. The van der Waals surface area contributed by atoms with Gasteiger partial charge in [-0.15, -0.1) is 0 Å². The van der Waals surface area contributed by atoms with Crippen LogP contribution in [-0.2, 0) is 10.8 Å². The quantitative estimate of drug-likeness (QED) is 0.424. The zero-order chi connectivity index (χ0) is 15.6. The number of benzene rings is 1. The first-order valence-electron chi connectivity index (χ1n) is 7.01. The van der Waals surface area contributed by atoms with E-state index in [0.717, 1.165) is 16.4 Å². The molecule has 0 radical (unpaired) electrons. The maximum Gasteiger partial charge on any atom is 0.293 e. The number of nitro groups is 1. The summed E-state index contributed by atoms with van der Waals surface area (Å²) in [5.74, 6) is 0.574. The van der Waals surface area contributed by atoms with Gasteiger partial charge in [0.2, 0.25) is 0 Å². The summed E-state index contributed by atoms with van der Waals surface area (Å²) in [5.41, 5.74) is 0.777. The van der Waals surface area contributed by atoms with Crippen LogP contribution in [0.25, 0.3) is 0 Å². The molecule has 1 unspecified atom stereocenters. The van der Waals surface area contributed by atoms with Gasteiger partial charge in [0, 0.05) is 39.3 Å². The van der Waals surface area contributed by atoms with Crippen LogP contribution in [0.15, 0.2) is 18.2 Å². The van der Waals surface area contributed by atoms with Gasteiger partial charge in [-0.3, -0.25) is 14.3 Å². The number of hydrogen-bond donors (Lipinski definition) is 0. The van der Waals surface area contributed by atoms with Crippen molar-refractivity contribution in [1.82, 2.24) is 0 Å². The minimum absolute atomic E-state index is 0.135. The number of rotatable bonds is 4. The Labute approximate surface area is 140 Å². The zero-order valence-electron chi connectivity index (χ0n) is 12.2. The van der Waals surface area contributed by atoms with Gasteiger partial charge in [0.05, 0.1) is 9.67 Å². The molecule has 0 aliphatic carbocycles. The van der Waals surface area contributed by atoms with E-state index in [9.17, 15) is 14.3 Å². The molecule has 0 amide bonds. The lowest BCUT2D eigenvalue weighted by Gasteiger charge is -2.42. The molecule has 1 aromatic rings. The third kappa shape index (κ3) is 3.23. The van der Waals surface area contributed by atoms with Crippen molar-refractivity contribution in [2.24, 2.45) is 0 Å². The van der Waals surface area contributed by atoms with Crippen LogP contribution < -0.4 is 4.90 Å². The molecule has 5 nitrogen and oxygen atoms in total. The highest BCUT2D eigenvalue weighted by atomic mass is 127. The molecule has 1 atom stereocenters. The molecule has 0 N–H and O–H groups in total. The maximum atomic E-state index is 12.4. The number of anilines is 1. The van der Waals surface area contributed by atoms with Gasteiger partial charge >= 0.3 is 0 Å². The number of nitro benzene ring substituents is 1. The molecule has 116 valence electrons. The van der Waals surface area contributed by atoms with E-state index in [-0.39, 0.29) is 15.4 Å². The lowest BCUT2D eigenvalue weighted by Crippen LogP contribution is -2.53. The van der Waals surface area contributed by atoms with Crippen LogP contribution in [0.3, 0.4) is 0 Å². The SMILES string of the molecule is CCC1(CC)CN(c2ccc(I)cc2[N+](=O)[O-])CCS1=O. The molecule has 1 aromatic carbocycles. The van der Waals surface area contributed by atoms with Crippen LogP contribution in [0.4, 0.5) is 11.4 Å². The van der Waals surface area contributed by atoms with Crippen molar-refractivity contribution < 1.29 is 9.13 Å². The molecule has 21 heavy (non-hydrogen) atoms. The predicted molar refractivity (Wildman–Crippen MR) is 94.3 cm³/mol. The van der Waals surface area contributed by atoms with Gasteiger partial charge < -0.3 is 4.90 Å². The van der Waals surface area contributed by atoms with Crippen molar-refractivity contribution in [2.75, 3.05) is 23.7 Å². The van der Waals surface area contributed by atoms with Crippen LogP contribution in [0, 0.1) is 13.7 Å². The maximum absolute atomic E-state index is 12.4. The molecule has 1 saturated heterocycles. The van der Waals surface area contributed by atoms with Crippen molar-refractivity contribution in [3.05, 3.63) is 31.9 Å². The van der Waals surface area contributed by atoms with Crippen LogP contribution in [0.1, 0.15) is 26.7 Å². The predicted octanol–water partition coefficient (Wildman–Crippen LogP) is 3.33. The summed E-state index contributed by atoms with van der Waals surface area (Å²) in [6.45, 7) is 5.32. The van der Waals surface area contributed by atoms with Crippen molar-refractivity contribution >= 4 is 44.8 Å². The molecule has 2 rings (SSSR count). The third-order valence-corrected chi connectivity index (χ3v) is 7.17. The standard InChI is InChI=1S/C14H19IN2O3S/c1-3-14(4-2)10-16(7-8-21(14)20)12-6-5-11(15)9-13(12)17(18)19/h5-6,9H,3-4,7-8,10H2,1-2H3. The van der Waals surface area contributed by atoms with Crippen LogP contribution in [0.5, 0.6) is 0 Å². The first-order valence-corrected chi connectivity index (χ1v) is 9.40. The fourth-order valence-electron chi connectivity index (χ4n) is 2.82. The minimum atomic E-state index is -0.866. The zero-order valence-corrected chi connectivity index (χ0v) is 15.1. The second-order valence-corrected chi connectivity index (χ2v) is 8.46. The molecule has 1 aliphatic heterocycles. The molecule has 0 saturated carbocycles. The molecule has 1 fully saturated rings. The molecule has 1 aliphatic rings. The van der Waals surface area contributed by atoms with Crippen molar-refractivity contribution in [2.45, 2.75) is 31.4 Å². The third-order valence-electron chi connectivity index (χ3n) is 4.27. The van der Waals surface area contributed by atoms with Crippen molar-refractivity contribution in [3.63, 3.8) is 0 Å². The fraction of sp³-hybridized carbons (Fsp3) is 0.571. The Morgan fingerprint density at radius 1 is 1.43 bits per heavy atom. The number of nitrogens with zero attached hydrogens (tertiary/aromatic N) is 2. The van der Waals surface area contributed by atoms with Gasteiger partial charge in [0.15, 0.2) is 0 Å². The summed E-state index contributed by atoms with van der Waals surface area (Å²) in [5, 5.41) is 11.3. The number of halogens is 1. The molecule has 0 aromatic heterocycles. The average Bonchev–Trinajstić information content (AvgIpc) is 2.48. The topological polar surface area (TPSA) is 63.4 Å². The second kappa shape index (κ2) is 6.60. The normalized spacial score (nSPS) is 21.3. The van der Waals surface area contributed by atoms with E-state index in [2.05, 4.69) is 22.6 Å². The molecule has 1 heterocycles. The summed E-state index contributed by atoms with van der Waals surface area (Å²) >= 11 is 2.08. The van der Waals surface area contributed by atoms with Crippen molar-refractivity contribution in [1.29, 1.82) is 0 Å². The van der Waals surface area contributed by atoms with Gasteiger partial charge in [-0.2, -0.15) is 0 Å². The summed E-state index contributed by atoms with van der Waals surface area (Å²) in [4.78, 5) is 13.0. The highest BCUT2D eigenvalue weighted by Crippen LogP contribution is 2.36. The van der Waals surface area contributed by atoms with Gasteiger partial charge in [0.25, 0.3) is 5.69 Å². The summed E-state index contributed by atoms with van der Waals surface area (Å²) in [6.07, 6.45) is 1.65. The largest absolute Gasteiger partial charge is 0.364 e. The van der Waals surface area contributed by atoms with E-state index in [4.69, 9.17) is 0 Å². The Hall–Kier alpha value is -0.700. The van der Waals surface area contributed by atoms with E-state index in [1.807, 2.05) is 30.9 Å². The summed E-state index contributed by atoms with van der Waals surface area (Å²) in [6, 6.07) is 5.29. The Balaban J connectivity index is 2.39. The summed E-state index contributed by atoms with van der Waals surface area (Å²) in [7, 11) is -0.866. The highest BCUT2D eigenvalue weighted by molar-refractivity contribution is 14.1. The summed E-state index contributed by atoms with van der Waals surface area (Å²) < 4.78 is 13.0. The van der Waals surface area contributed by atoms with Gasteiger partial charge in [-0.05, 0) is 47.6 Å². The van der Waals surface area contributed by atoms with E-state index < -0.39 is 10.8 Å². The minimum Gasteiger partial charge on any atom is -0.364 e. The lowest BCUT2D eigenvalue weighted by molar-refractivity contribution is -0.384. The van der Waals surface area contributed by atoms with Gasteiger partial charge in [-0.1, -0.05) is 13.8 Å². The molecule has 0 spiro atoms. The van der Waals surface area contributed by atoms with E-state index in [1.54, 1.807) is 6.07 Å². The highest BCUT2D eigenvalue weighted by Gasteiger charge is 2.40. The first-order chi connectivity index (χ1) is 9.93. The van der Waals surface area contributed by atoms with E-state index in [1.165, 1.54) is 0 Å². The fourth-order valence-corrected chi connectivity index (χ4v) is 5.06. The average molecular weight is 422 g/mol. The van der Waals surface area contributed by atoms with Crippen LogP contribution in [0.2, 0.25) is 0 Å². The van der Waals surface area contributed by atoms with Crippen LogP contribution >= 0.6 is 22.6 Å². The Kier molecular flexibility index (Phi) is 5.24. The lowest BCUT2D eigenvalue weighted by atomic mass is 10.0. The molecule has 7 heteroatoms. The Morgan fingerprint density at radius 2 is 2.10 bits per heavy atom. The Morgan fingerprint density at radius 3 is 2.67 bits per heavy atom. The smallest absolute Gasteiger partial charge is 0.293 e. The second-order valence-electron chi connectivity index (χ2n) is 5.25.